The summed E-state index contributed by atoms with van der Waals surface area (Å²) < 4.78 is 2.23. The van der Waals surface area contributed by atoms with Gasteiger partial charge in [0.05, 0.1) is 5.69 Å². The molecule has 0 unspecified atom stereocenters. The predicted molar refractivity (Wildman–Crippen MR) is 54.3 cm³/mol. The number of phenols is 2. The second kappa shape index (κ2) is 3.19. The van der Waals surface area contributed by atoms with Gasteiger partial charge in [-0.2, -0.15) is 0 Å². The number of hydrogen-bond donors (Lipinski definition) is 3. The monoisotopic (exact) mass is 208 g/mol. The number of imidazole rings is 1. The van der Waals surface area contributed by atoms with E-state index < -0.39 is 0 Å². The van der Waals surface area contributed by atoms with Gasteiger partial charge in [-0.3, -0.25) is 4.57 Å². The van der Waals surface area contributed by atoms with Gasteiger partial charge in [-0.25, -0.2) is 0 Å². The highest BCUT2D eigenvalue weighted by Crippen LogP contribution is 2.26. The van der Waals surface area contributed by atoms with Gasteiger partial charge in [-0.1, -0.05) is 0 Å². The minimum Gasteiger partial charge on any atom is -0.504 e. The Bertz CT molecular complexity index is 516. The molecule has 2 rings (SSSR count). The van der Waals surface area contributed by atoms with E-state index >= 15 is 0 Å². The summed E-state index contributed by atoms with van der Waals surface area (Å²) in [6.45, 7) is 0. The molecule has 0 aliphatic heterocycles. The first kappa shape index (κ1) is 8.83. The lowest BCUT2D eigenvalue weighted by atomic mass is 10.3. The van der Waals surface area contributed by atoms with Gasteiger partial charge >= 0.3 is 0 Å². The lowest BCUT2D eigenvalue weighted by molar-refractivity contribution is 0.403. The van der Waals surface area contributed by atoms with Crippen LogP contribution in [0.15, 0.2) is 30.6 Å². The van der Waals surface area contributed by atoms with E-state index in [1.165, 1.54) is 12.1 Å². The van der Waals surface area contributed by atoms with Crippen LogP contribution in [0.2, 0.25) is 0 Å². The fourth-order valence-electron chi connectivity index (χ4n) is 1.19. The first-order valence-electron chi connectivity index (χ1n) is 3.97. The van der Waals surface area contributed by atoms with E-state index in [2.05, 4.69) is 4.98 Å². The molecule has 0 atom stereocenters. The van der Waals surface area contributed by atoms with Crippen LogP contribution in [-0.2, 0) is 0 Å². The Balaban J connectivity index is 2.59. The first-order valence-corrected chi connectivity index (χ1v) is 4.38. The van der Waals surface area contributed by atoms with E-state index in [-0.39, 0.29) is 11.5 Å². The Hall–Kier alpha value is -1.75. The molecular weight excluding hydrogens is 200 g/mol. The zero-order valence-electron chi connectivity index (χ0n) is 7.14. The Labute approximate surface area is 85.1 Å². The lowest BCUT2D eigenvalue weighted by Crippen LogP contribution is -1.91. The number of aromatic amines is 1. The second-order valence-electron chi connectivity index (χ2n) is 2.81. The van der Waals surface area contributed by atoms with E-state index in [9.17, 15) is 5.11 Å². The largest absolute Gasteiger partial charge is 0.504 e. The lowest BCUT2D eigenvalue weighted by Gasteiger charge is -2.03. The molecule has 0 radical (unpaired) electrons. The van der Waals surface area contributed by atoms with Gasteiger partial charge in [-0.15, -0.1) is 0 Å². The number of H-pyrrole nitrogens is 1. The average molecular weight is 208 g/mol. The average Bonchev–Trinajstić information content (AvgIpc) is 2.57. The van der Waals surface area contributed by atoms with Gasteiger partial charge < -0.3 is 15.2 Å². The van der Waals surface area contributed by atoms with E-state index in [1.807, 2.05) is 0 Å². The topological polar surface area (TPSA) is 61.2 Å². The van der Waals surface area contributed by atoms with E-state index in [0.717, 1.165) is 0 Å². The van der Waals surface area contributed by atoms with Gasteiger partial charge in [0.25, 0.3) is 0 Å². The van der Waals surface area contributed by atoms with E-state index in [1.54, 1.807) is 23.0 Å². The fourth-order valence-corrected chi connectivity index (χ4v) is 1.42. The zero-order valence-corrected chi connectivity index (χ0v) is 7.95. The number of rotatable bonds is 1. The molecule has 5 heteroatoms. The van der Waals surface area contributed by atoms with Crippen LogP contribution in [0.3, 0.4) is 0 Å². The molecule has 0 aliphatic carbocycles. The van der Waals surface area contributed by atoms with Crippen molar-refractivity contribution in [3.8, 4) is 17.2 Å². The van der Waals surface area contributed by atoms with Gasteiger partial charge in [0.1, 0.15) is 0 Å². The van der Waals surface area contributed by atoms with Crippen molar-refractivity contribution < 1.29 is 10.2 Å². The van der Waals surface area contributed by atoms with Crippen LogP contribution >= 0.6 is 12.2 Å². The van der Waals surface area contributed by atoms with Gasteiger partial charge in [0.15, 0.2) is 16.3 Å². The molecule has 0 aliphatic rings. The standard InChI is InChI=1S/C9H8N2O2S/c12-7-2-1-6(5-8(7)13)11-4-3-10-9(11)14/h1-5,12-13H,(H,10,14). The summed E-state index contributed by atoms with van der Waals surface area (Å²) >= 11 is 5.01. The van der Waals surface area contributed by atoms with Crippen LogP contribution in [-0.4, -0.2) is 19.8 Å². The highest BCUT2D eigenvalue weighted by molar-refractivity contribution is 7.71. The molecule has 1 aromatic carbocycles. The number of aromatic hydroxyl groups is 2. The van der Waals surface area contributed by atoms with Crippen molar-refractivity contribution in [2.75, 3.05) is 0 Å². The molecule has 0 spiro atoms. The molecule has 0 bridgehead atoms. The van der Waals surface area contributed by atoms with Crippen molar-refractivity contribution in [2.24, 2.45) is 0 Å². The maximum absolute atomic E-state index is 9.28. The van der Waals surface area contributed by atoms with Crippen LogP contribution in [0, 0.1) is 4.77 Å². The molecule has 14 heavy (non-hydrogen) atoms. The molecule has 1 aromatic heterocycles. The molecule has 72 valence electrons. The third-order valence-electron chi connectivity index (χ3n) is 1.89. The van der Waals surface area contributed by atoms with E-state index in [4.69, 9.17) is 17.3 Å². The quantitative estimate of drug-likeness (QED) is 0.496. The number of nitrogens with zero attached hydrogens (tertiary/aromatic N) is 1. The van der Waals surface area contributed by atoms with Gasteiger partial charge in [0.2, 0.25) is 0 Å². The number of aromatic nitrogens is 2. The molecule has 0 saturated carbocycles. The first-order chi connectivity index (χ1) is 6.68. The minimum absolute atomic E-state index is 0.143. The highest BCUT2D eigenvalue weighted by Gasteiger charge is 2.02. The van der Waals surface area contributed by atoms with Gasteiger partial charge in [0, 0.05) is 18.5 Å². The number of nitrogens with one attached hydrogen (secondary N) is 1. The summed E-state index contributed by atoms with van der Waals surface area (Å²) in [6, 6.07) is 4.52. The maximum atomic E-state index is 9.28. The molecule has 0 fully saturated rings. The normalized spacial score (nSPS) is 10.3. The molecule has 3 N–H and O–H groups in total. The predicted octanol–water partition coefficient (Wildman–Crippen LogP) is 1.95. The third kappa shape index (κ3) is 1.38. The van der Waals surface area contributed by atoms with Crippen LogP contribution in [0.4, 0.5) is 0 Å². The van der Waals surface area contributed by atoms with Crippen molar-refractivity contribution in [1.29, 1.82) is 0 Å². The summed E-state index contributed by atoms with van der Waals surface area (Å²) in [6.07, 6.45) is 3.44. The number of hydrogen-bond acceptors (Lipinski definition) is 3. The van der Waals surface area contributed by atoms with Gasteiger partial charge in [-0.05, 0) is 24.4 Å². The summed E-state index contributed by atoms with van der Waals surface area (Å²) in [5.74, 6) is -0.304. The Kier molecular flexibility index (Phi) is 2.01. The van der Waals surface area contributed by atoms with Crippen LogP contribution < -0.4 is 0 Å². The SMILES string of the molecule is Oc1ccc(-n2cc[nH]c2=S)cc1O. The van der Waals surface area contributed by atoms with Crippen molar-refractivity contribution >= 4 is 12.2 Å². The zero-order chi connectivity index (χ0) is 10.1. The van der Waals surface area contributed by atoms with Crippen molar-refractivity contribution in [1.82, 2.24) is 9.55 Å². The van der Waals surface area contributed by atoms with E-state index in [0.29, 0.717) is 10.5 Å². The van der Waals surface area contributed by atoms with Crippen LogP contribution in [0.25, 0.3) is 5.69 Å². The summed E-state index contributed by atoms with van der Waals surface area (Å²) in [5.41, 5.74) is 0.701. The summed E-state index contributed by atoms with van der Waals surface area (Å²) in [4.78, 5) is 2.83. The molecule has 0 amide bonds. The number of benzene rings is 1. The Morgan fingerprint density at radius 1 is 1.21 bits per heavy atom. The summed E-state index contributed by atoms with van der Waals surface area (Å²) in [7, 11) is 0. The van der Waals surface area contributed by atoms with Crippen molar-refractivity contribution in [3.05, 3.63) is 35.4 Å². The maximum Gasteiger partial charge on any atom is 0.181 e. The molecule has 4 nitrogen and oxygen atoms in total. The Morgan fingerprint density at radius 3 is 2.57 bits per heavy atom. The second-order valence-corrected chi connectivity index (χ2v) is 3.19. The molecule has 2 aromatic rings. The fraction of sp³-hybridized carbons (Fsp3) is 0. The van der Waals surface area contributed by atoms with Crippen molar-refractivity contribution in [2.45, 2.75) is 0 Å². The molecule has 0 saturated heterocycles. The third-order valence-corrected chi connectivity index (χ3v) is 2.20. The van der Waals surface area contributed by atoms with Crippen molar-refractivity contribution in [3.63, 3.8) is 0 Å². The molecule has 1 heterocycles. The number of phenolic OH excluding ortho intramolecular Hbond substituents is 2. The minimum atomic E-state index is -0.161. The Morgan fingerprint density at radius 2 is 2.00 bits per heavy atom. The van der Waals surface area contributed by atoms with Crippen LogP contribution in [0.5, 0.6) is 11.5 Å². The smallest absolute Gasteiger partial charge is 0.181 e. The summed E-state index contributed by atoms with van der Waals surface area (Å²) in [5, 5.41) is 18.4. The molecular formula is C9H8N2O2S. The highest BCUT2D eigenvalue weighted by atomic mass is 32.1. The van der Waals surface area contributed by atoms with Crippen LogP contribution in [0.1, 0.15) is 0 Å².